The minimum Gasteiger partial charge on any atom is -0.299 e. The molecule has 0 aliphatic carbocycles. The van der Waals surface area contributed by atoms with Gasteiger partial charge >= 0.3 is 6.55 Å². The van der Waals surface area contributed by atoms with Crippen LogP contribution in [0.3, 0.4) is 0 Å². The van der Waals surface area contributed by atoms with E-state index in [1.807, 2.05) is 11.9 Å². The highest BCUT2D eigenvalue weighted by Gasteiger charge is 2.12. The zero-order valence-electron chi connectivity index (χ0n) is 9.16. The largest absolute Gasteiger partial charge is 0.319 e. The van der Waals surface area contributed by atoms with E-state index in [1.165, 1.54) is 12.4 Å². The lowest BCUT2D eigenvalue weighted by molar-refractivity contribution is 0.0645. The van der Waals surface area contributed by atoms with E-state index in [-0.39, 0.29) is 0 Å². The van der Waals surface area contributed by atoms with Crippen LogP contribution in [0.15, 0.2) is 12.4 Å². The molecule has 3 nitrogen and oxygen atoms in total. The number of nitrogens with zero attached hydrogens (tertiary/aromatic N) is 3. The Bertz CT molecular complexity index is 286. The van der Waals surface area contributed by atoms with Gasteiger partial charge in [0.25, 0.3) is 0 Å². The van der Waals surface area contributed by atoms with E-state index in [2.05, 4.69) is 11.9 Å². The summed E-state index contributed by atoms with van der Waals surface area (Å²) in [5.74, 6) is 0.420. The van der Waals surface area contributed by atoms with E-state index < -0.39 is 6.55 Å². The first-order chi connectivity index (χ1) is 7.15. The third kappa shape index (κ3) is 3.58. The molecular weight excluding hydrogens is 200 g/mol. The summed E-state index contributed by atoms with van der Waals surface area (Å²) >= 11 is 0. The minimum atomic E-state index is -2.50. The van der Waals surface area contributed by atoms with Gasteiger partial charge < -0.3 is 0 Å². The Labute approximate surface area is 88.7 Å². The van der Waals surface area contributed by atoms with Crippen LogP contribution >= 0.6 is 0 Å². The summed E-state index contributed by atoms with van der Waals surface area (Å²) in [6, 6.07) is 0. The second-order valence-electron chi connectivity index (χ2n) is 3.62. The molecule has 0 radical (unpaired) electrons. The van der Waals surface area contributed by atoms with Gasteiger partial charge in [-0.2, -0.15) is 8.78 Å². The van der Waals surface area contributed by atoms with Crippen molar-refractivity contribution in [3.8, 4) is 0 Å². The molecule has 0 saturated carbocycles. The lowest BCUT2D eigenvalue weighted by Crippen LogP contribution is -2.21. The predicted molar refractivity (Wildman–Crippen MR) is 54.7 cm³/mol. The standard InChI is InChI=1S/C10H17F2N3/c1-3-4-6-14(2)8-9-13-5-7-15(9)10(11)12/h5,7,10H,3-4,6,8H2,1-2H3. The van der Waals surface area contributed by atoms with Crippen molar-refractivity contribution in [1.29, 1.82) is 0 Å². The molecule has 0 N–H and O–H groups in total. The van der Waals surface area contributed by atoms with Gasteiger partial charge in [0.05, 0.1) is 6.54 Å². The van der Waals surface area contributed by atoms with Gasteiger partial charge in [0.15, 0.2) is 0 Å². The Morgan fingerprint density at radius 2 is 2.27 bits per heavy atom. The smallest absolute Gasteiger partial charge is 0.299 e. The molecule has 0 saturated heterocycles. The van der Waals surface area contributed by atoms with Gasteiger partial charge in [0.1, 0.15) is 5.82 Å². The molecule has 15 heavy (non-hydrogen) atoms. The SMILES string of the molecule is CCCCN(C)Cc1nccn1C(F)F. The fourth-order valence-corrected chi connectivity index (χ4v) is 1.39. The molecule has 0 amide bonds. The first-order valence-corrected chi connectivity index (χ1v) is 5.13. The molecule has 1 heterocycles. The number of imidazole rings is 1. The lowest BCUT2D eigenvalue weighted by atomic mass is 10.3. The highest BCUT2D eigenvalue weighted by atomic mass is 19.3. The van der Waals surface area contributed by atoms with Gasteiger partial charge in [-0.1, -0.05) is 13.3 Å². The summed E-state index contributed by atoms with van der Waals surface area (Å²) in [5, 5.41) is 0. The predicted octanol–water partition coefficient (Wildman–Crippen LogP) is 2.51. The number of rotatable bonds is 6. The summed E-state index contributed by atoms with van der Waals surface area (Å²) in [4.78, 5) is 5.93. The Hall–Kier alpha value is -0.970. The fraction of sp³-hybridized carbons (Fsp3) is 0.700. The molecular formula is C10H17F2N3. The number of halogens is 2. The molecule has 0 fully saturated rings. The maximum absolute atomic E-state index is 12.5. The summed E-state index contributed by atoms with van der Waals surface area (Å²) in [5.41, 5.74) is 0. The van der Waals surface area contributed by atoms with Crippen LogP contribution in [0.1, 0.15) is 32.1 Å². The Balaban J connectivity index is 2.52. The zero-order chi connectivity index (χ0) is 11.3. The number of alkyl halides is 2. The number of hydrogen-bond acceptors (Lipinski definition) is 2. The molecule has 0 aromatic carbocycles. The average Bonchev–Trinajstić information content (AvgIpc) is 2.62. The van der Waals surface area contributed by atoms with Crippen LogP contribution in [0.2, 0.25) is 0 Å². The van der Waals surface area contributed by atoms with Gasteiger partial charge in [0.2, 0.25) is 0 Å². The molecule has 0 bridgehead atoms. The Morgan fingerprint density at radius 3 is 2.87 bits per heavy atom. The van der Waals surface area contributed by atoms with Gasteiger partial charge in [-0.15, -0.1) is 0 Å². The lowest BCUT2D eigenvalue weighted by Gasteiger charge is -2.16. The van der Waals surface area contributed by atoms with Crippen molar-refractivity contribution >= 4 is 0 Å². The molecule has 1 aromatic heterocycles. The normalized spacial score (nSPS) is 11.6. The van der Waals surface area contributed by atoms with Crippen molar-refractivity contribution in [2.45, 2.75) is 32.9 Å². The summed E-state index contributed by atoms with van der Waals surface area (Å²) in [7, 11) is 1.92. The number of hydrogen-bond donors (Lipinski definition) is 0. The van der Waals surface area contributed by atoms with Crippen molar-refractivity contribution in [2.75, 3.05) is 13.6 Å². The van der Waals surface area contributed by atoms with Crippen molar-refractivity contribution in [3.05, 3.63) is 18.2 Å². The van der Waals surface area contributed by atoms with Crippen molar-refractivity contribution < 1.29 is 8.78 Å². The quantitative estimate of drug-likeness (QED) is 0.730. The molecule has 5 heteroatoms. The minimum absolute atomic E-state index is 0.420. The molecule has 1 rings (SSSR count). The highest BCUT2D eigenvalue weighted by Crippen LogP contribution is 2.13. The first kappa shape index (κ1) is 12.1. The van der Waals surface area contributed by atoms with Crippen LogP contribution in [0.4, 0.5) is 8.78 Å². The van der Waals surface area contributed by atoms with Crippen LogP contribution in [0.5, 0.6) is 0 Å². The van der Waals surface area contributed by atoms with E-state index >= 15 is 0 Å². The second-order valence-corrected chi connectivity index (χ2v) is 3.62. The number of aromatic nitrogens is 2. The van der Waals surface area contributed by atoms with Crippen LogP contribution < -0.4 is 0 Å². The zero-order valence-corrected chi connectivity index (χ0v) is 9.16. The van der Waals surface area contributed by atoms with E-state index in [4.69, 9.17) is 0 Å². The molecule has 0 atom stereocenters. The maximum atomic E-state index is 12.5. The van der Waals surface area contributed by atoms with Gasteiger partial charge in [-0.25, -0.2) is 4.98 Å². The molecule has 86 valence electrons. The van der Waals surface area contributed by atoms with Crippen molar-refractivity contribution in [1.82, 2.24) is 14.5 Å². The van der Waals surface area contributed by atoms with Crippen LogP contribution in [0, 0.1) is 0 Å². The molecule has 0 aliphatic heterocycles. The monoisotopic (exact) mass is 217 g/mol. The summed E-state index contributed by atoms with van der Waals surface area (Å²) in [6.45, 7) is 0.986. The Kier molecular flexibility index (Phi) is 4.68. The van der Waals surface area contributed by atoms with E-state index in [0.717, 1.165) is 24.0 Å². The van der Waals surface area contributed by atoms with Crippen molar-refractivity contribution in [2.24, 2.45) is 0 Å². The van der Waals surface area contributed by atoms with Gasteiger partial charge in [0, 0.05) is 12.4 Å². The van der Waals surface area contributed by atoms with Crippen molar-refractivity contribution in [3.63, 3.8) is 0 Å². The topological polar surface area (TPSA) is 21.1 Å². The Morgan fingerprint density at radius 1 is 1.53 bits per heavy atom. The van der Waals surface area contributed by atoms with E-state index in [0.29, 0.717) is 12.4 Å². The fourth-order valence-electron chi connectivity index (χ4n) is 1.39. The second kappa shape index (κ2) is 5.80. The highest BCUT2D eigenvalue weighted by molar-refractivity contribution is 4.92. The molecule has 1 aromatic rings. The number of unbranched alkanes of at least 4 members (excludes halogenated alkanes) is 1. The van der Waals surface area contributed by atoms with Crippen LogP contribution in [-0.2, 0) is 6.54 Å². The van der Waals surface area contributed by atoms with E-state index in [1.54, 1.807) is 0 Å². The first-order valence-electron chi connectivity index (χ1n) is 5.13. The van der Waals surface area contributed by atoms with Gasteiger partial charge in [-0.3, -0.25) is 9.47 Å². The third-order valence-electron chi connectivity index (χ3n) is 2.26. The van der Waals surface area contributed by atoms with Crippen LogP contribution in [-0.4, -0.2) is 28.0 Å². The summed E-state index contributed by atoms with van der Waals surface area (Å²) in [6.07, 6.45) is 4.91. The molecule has 0 aliphatic rings. The maximum Gasteiger partial charge on any atom is 0.319 e. The molecule has 0 unspecified atom stereocenters. The van der Waals surface area contributed by atoms with Crippen LogP contribution in [0.25, 0.3) is 0 Å². The average molecular weight is 217 g/mol. The summed E-state index contributed by atoms with van der Waals surface area (Å²) < 4.78 is 25.8. The third-order valence-corrected chi connectivity index (χ3v) is 2.26. The molecule has 0 spiro atoms. The van der Waals surface area contributed by atoms with Gasteiger partial charge in [-0.05, 0) is 20.0 Å². The van der Waals surface area contributed by atoms with E-state index in [9.17, 15) is 8.78 Å².